The molecule has 0 atom stereocenters. The maximum absolute atomic E-state index is 11.2. The number of rotatable bonds is 1. The minimum atomic E-state index is -0.985. The number of aromatic nitrogens is 3. The highest BCUT2D eigenvalue weighted by molar-refractivity contribution is 5.90. The molecule has 0 spiro atoms. The zero-order chi connectivity index (χ0) is 14.8. The summed E-state index contributed by atoms with van der Waals surface area (Å²) in [6, 6.07) is 5.09. The highest BCUT2D eigenvalue weighted by Gasteiger charge is 2.08. The summed E-state index contributed by atoms with van der Waals surface area (Å²) in [4.78, 5) is 19.4. The van der Waals surface area contributed by atoms with Gasteiger partial charge in [0.1, 0.15) is 5.69 Å². The molecule has 0 aliphatic heterocycles. The minimum absolute atomic E-state index is 0.198. The normalized spacial score (nSPS) is 10.1. The van der Waals surface area contributed by atoms with Crippen molar-refractivity contribution in [2.24, 2.45) is 0 Å². The van der Waals surface area contributed by atoms with Crippen molar-refractivity contribution in [3.8, 4) is 11.8 Å². The van der Waals surface area contributed by atoms with Gasteiger partial charge in [-0.3, -0.25) is 9.38 Å². The maximum Gasteiger partial charge on any atom is 0.336 e. The van der Waals surface area contributed by atoms with E-state index in [9.17, 15) is 9.90 Å². The summed E-state index contributed by atoms with van der Waals surface area (Å²) in [5.74, 6) is 4.90. The maximum atomic E-state index is 11.2. The van der Waals surface area contributed by atoms with Crippen LogP contribution in [-0.4, -0.2) is 25.4 Å². The second-order valence-electron chi connectivity index (χ2n) is 4.55. The predicted octanol–water partition coefficient (Wildman–Crippen LogP) is 2.14. The smallest absolute Gasteiger partial charge is 0.336 e. The van der Waals surface area contributed by atoms with Crippen molar-refractivity contribution in [2.45, 2.75) is 6.92 Å². The number of hydrogen-bond donors (Lipinski definition) is 1. The van der Waals surface area contributed by atoms with E-state index < -0.39 is 5.97 Å². The van der Waals surface area contributed by atoms with Crippen LogP contribution in [0, 0.1) is 18.8 Å². The van der Waals surface area contributed by atoms with Crippen molar-refractivity contribution in [1.82, 2.24) is 14.4 Å². The summed E-state index contributed by atoms with van der Waals surface area (Å²) < 4.78 is 1.80. The average Bonchev–Trinajstić information content (AvgIpc) is 2.88. The van der Waals surface area contributed by atoms with Crippen LogP contribution in [0.25, 0.3) is 5.65 Å². The number of imidazole rings is 1. The van der Waals surface area contributed by atoms with Crippen LogP contribution >= 0.6 is 0 Å². The lowest BCUT2D eigenvalue weighted by atomic mass is 10.0. The lowest BCUT2D eigenvalue weighted by Crippen LogP contribution is -2.00. The molecule has 2 heterocycles. The molecule has 3 rings (SSSR count). The zero-order valence-corrected chi connectivity index (χ0v) is 11.2. The molecule has 2 aromatic heterocycles. The van der Waals surface area contributed by atoms with E-state index in [0.29, 0.717) is 16.9 Å². The molecule has 1 aromatic carbocycles. The largest absolute Gasteiger partial charge is 0.478 e. The predicted molar refractivity (Wildman–Crippen MR) is 77.1 cm³/mol. The molecule has 0 bridgehead atoms. The molecule has 0 saturated heterocycles. The summed E-state index contributed by atoms with van der Waals surface area (Å²) in [5, 5.41) is 9.19. The molecule has 3 aromatic rings. The number of aryl methyl sites for hydroxylation is 1. The lowest BCUT2D eigenvalue weighted by Gasteiger charge is -2.00. The fourth-order valence-corrected chi connectivity index (χ4v) is 2.01. The molecule has 102 valence electrons. The first kappa shape index (κ1) is 12.9. The third-order valence-electron chi connectivity index (χ3n) is 3.05. The monoisotopic (exact) mass is 277 g/mol. The Bertz CT molecular complexity index is 901. The van der Waals surface area contributed by atoms with Gasteiger partial charge in [-0.25, -0.2) is 9.78 Å². The second-order valence-corrected chi connectivity index (χ2v) is 4.55. The van der Waals surface area contributed by atoms with E-state index in [1.54, 1.807) is 47.4 Å². The molecule has 1 N–H and O–H groups in total. The molecule has 0 aliphatic carbocycles. The van der Waals surface area contributed by atoms with Gasteiger partial charge in [-0.15, -0.1) is 0 Å². The third kappa shape index (κ3) is 2.47. The SMILES string of the molecule is Cc1ccc(C(=O)O)c(C#Cc2cnc3cnccn23)c1. The van der Waals surface area contributed by atoms with Crippen molar-refractivity contribution in [3.05, 3.63) is 65.4 Å². The molecule has 0 unspecified atom stereocenters. The van der Waals surface area contributed by atoms with Crippen LogP contribution in [0.3, 0.4) is 0 Å². The van der Waals surface area contributed by atoms with Crippen LogP contribution in [0.5, 0.6) is 0 Å². The highest BCUT2D eigenvalue weighted by atomic mass is 16.4. The molecule has 0 saturated carbocycles. The van der Waals surface area contributed by atoms with Gasteiger partial charge < -0.3 is 5.11 Å². The van der Waals surface area contributed by atoms with Crippen LogP contribution in [-0.2, 0) is 0 Å². The number of benzene rings is 1. The average molecular weight is 277 g/mol. The van der Waals surface area contributed by atoms with E-state index in [1.165, 1.54) is 0 Å². The molecule has 0 aliphatic rings. The summed E-state index contributed by atoms with van der Waals surface area (Å²) in [6.45, 7) is 1.90. The third-order valence-corrected chi connectivity index (χ3v) is 3.05. The van der Waals surface area contributed by atoms with E-state index in [0.717, 1.165) is 5.56 Å². The number of carboxylic acids is 1. The molecule has 0 radical (unpaired) electrons. The van der Waals surface area contributed by atoms with Gasteiger partial charge in [0.15, 0.2) is 5.65 Å². The highest BCUT2D eigenvalue weighted by Crippen LogP contribution is 2.11. The minimum Gasteiger partial charge on any atom is -0.478 e. The Hall–Kier alpha value is -3.13. The summed E-state index contributed by atoms with van der Waals surface area (Å²) in [6.07, 6.45) is 6.69. The number of carboxylic acid groups (broad SMARTS) is 1. The van der Waals surface area contributed by atoms with Crippen molar-refractivity contribution < 1.29 is 9.90 Å². The molecule has 5 heteroatoms. The summed E-state index contributed by atoms with van der Waals surface area (Å²) in [5.41, 5.74) is 3.04. The number of carbonyl (C=O) groups is 1. The first-order valence-electron chi connectivity index (χ1n) is 6.28. The molecule has 21 heavy (non-hydrogen) atoms. The van der Waals surface area contributed by atoms with Crippen LogP contribution in [0.4, 0.5) is 0 Å². The first-order valence-corrected chi connectivity index (χ1v) is 6.28. The molecular weight excluding hydrogens is 266 g/mol. The van der Waals surface area contributed by atoms with Gasteiger partial charge in [0.2, 0.25) is 0 Å². The van der Waals surface area contributed by atoms with Gasteiger partial charge in [-0.05, 0) is 30.5 Å². The summed E-state index contributed by atoms with van der Waals surface area (Å²) >= 11 is 0. The Morgan fingerprint density at radius 1 is 1.29 bits per heavy atom. The van der Waals surface area contributed by atoms with Crippen LogP contribution in [0.1, 0.15) is 27.2 Å². The quantitative estimate of drug-likeness (QED) is 0.692. The van der Waals surface area contributed by atoms with Gasteiger partial charge in [0.25, 0.3) is 0 Å². The Kier molecular flexibility index (Phi) is 3.13. The molecule has 0 fully saturated rings. The van der Waals surface area contributed by atoms with E-state index in [1.807, 2.05) is 6.92 Å². The van der Waals surface area contributed by atoms with Crippen molar-refractivity contribution in [1.29, 1.82) is 0 Å². The van der Waals surface area contributed by atoms with Crippen molar-refractivity contribution in [2.75, 3.05) is 0 Å². The molecule has 5 nitrogen and oxygen atoms in total. The van der Waals surface area contributed by atoms with E-state index >= 15 is 0 Å². The van der Waals surface area contributed by atoms with E-state index in [-0.39, 0.29) is 5.56 Å². The van der Waals surface area contributed by atoms with E-state index in [4.69, 9.17) is 0 Å². The van der Waals surface area contributed by atoms with Gasteiger partial charge >= 0.3 is 5.97 Å². The topological polar surface area (TPSA) is 67.5 Å². The van der Waals surface area contributed by atoms with Crippen molar-refractivity contribution >= 4 is 11.6 Å². The van der Waals surface area contributed by atoms with Gasteiger partial charge in [-0.2, -0.15) is 0 Å². The lowest BCUT2D eigenvalue weighted by molar-refractivity contribution is 0.0696. The Balaban J connectivity index is 2.09. The number of nitrogens with zero attached hydrogens (tertiary/aromatic N) is 3. The zero-order valence-electron chi connectivity index (χ0n) is 11.2. The number of hydrogen-bond acceptors (Lipinski definition) is 3. The van der Waals surface area contributed by atoms with Gasteiger partial charge in [0.05, 0.1) is 18.0 Å². The van der Waals surface area contributed by atoms with Gasteiger partial charge in [0, 0.05) is 18.0 Å². The van der Waals surface area contributed by atoms with Crippen LogP contribution < -0.4 is 0 Å². The Labute approximate surface area is 120 Å². The van der Waals surface area contributed by atoms with E-state index in [2.05, 4.69) is 21.8 Å². The number of aromatic carboxylic acids is 1. The van der Waals surface area contributed by atoms with Gasteiger partial charge in [-0.1, -0.05) is 12.0 Å². The standard InChI is InChI=1S/C16H11N3O2/c1-11-2-5-14(16(20)21)12(8-11)3-4-13-9-18-15-10-17-6-7-19(13)15/h2,5-10H,1H3,(H,20,21). The molecular formula is C16H11N3O2. The second kappa shape index (κ2) is 5.10. The first-order chi connectivity index (χ1) is 10.1. The molecule has 0 amide bonds. The summed E-state index contributed by atoms with van der Waals surface area (Å²) in [7, 11) is 0. The van der Waals surface area contributed by atoms with Crippen molar-refractivity contribution in [3.63, 3.8) is 0 Å². The fourth-order valence-electron chi connectivity index (χ4n) is 2.01. The fraction of sp³-hybridized carbons (Fsp3) is 0.0625. The number of fused-ring (bicyclic) bond motifs is 1. The van der Waals surface area contributed by atoms with Crippen LogP contribution in [0.15, 0.2) is 43.0 Å². The van der Waals surface area contributed by atoms with Crippen LogP contribution in [0.2, 0.25) is 0 Å². The Morgan fingerprint density at radius 2 is 2.14 bits per heavy atom. The Morgan fingerprint density at radius 3 is 2.95 bits per heavy atom.